The van der Waals surface area contributed by atoms with Gasteiger partial charge in [0, 0.05) is 11.1 Å². The number of hydrogen-bond donors (Lipinski definition) is 1. The standard InChI is InChI=1S/C17H16O4/c1-20-12-7-8-15-13(9-12)17(19)14(10-21-15)16(18)11-5-3-2-4-6-11/h2-9,14,17,19H,10H2,1H3. The topological polar surface area (TPSA) is 55.8 Å². The Bertz CT molecular complexity index is 651. The molecule has 4 nitrogen and oxygen atoms in total. The minimum absolute atomic E-state index is 0.114. The molecular formula is C17H16O4. The van der Waals surface area contributed by atoms with Gasteiger partial charge in [0.1, 0.15) is 18.1 Å². The highest BCUT2D eigenvalue weighted by Crippen LogP contribution is 2.38. The normalized spacial score (nSPS) is 20.3. The van der Waals surface area contributed by atoms with Crippen molar-refractivity contribution in [3.8, 4) is 11.5 Å². The Hall–Kier alpha value is -2.33. The first kappa shape index (κ1) is 13.6. The van der Waals surface area contributed by atoms with E-state index in [1.165, 1.54) is 0 Å². The highest BCUT2D eigenvalue weighted by atomic mass is 16.5. The molecule has 108 valence electrons. The largest absolute Gasteiger partial charge is 0.497 e. The van der Waals surface area contributed by atoms with E-state index in [1.54, 1.807) is 49.6 Å². The molecule has 0 radical (unpaired) electrons. The van der Waals surface area contributed by atoms with Gasteiger partial charge in [0.25, 0.3) is 0 Å². The number of ether oxygens (including phenoxy) is 2. The van der Waals surface area contributed by atoms with Gasteiger partial charge in [0.2, 0.25) is 0 Å². The Labute approximate surface area is 122 Å². The quantitative estimate of drug-likeness (QED) is 0.880. The summed E-state index contributed by atoms with van der Waals surface area (Å²) >= 11 is 0. The number of rotatable bonds is 3. The SMILES string of the molecule is COc1ccc2c(c1)C(O)C(C(=O)c1ccccc1)CO2. The van der Waals surface area contributed by atoms with Crippen LogP contribution in [-0.2, 0) is 0 Å². The summed E-state index contributed by atoms with van der Waals surface area (Å²) in [6.07, 6.45) is -0.892. The zero-order chi connectivity index (χ0) is 14.8. The van der Waals surface area contributed by atoms with Crippen molar-refractivity contribution in [3.05, 3.63) is 59.7 Å². The second-order valence-electron chi connectivity index (χ2n) is 5.00. The van der Waals surface area contributed by atoms with Gasteiger partial charge in [0.05, 0.1) is 19.1 Å². The number of carbonyl (C=O) groups excluding carboxylic acids is 1. The van der Waals surface area contributed by atoms with Crippen LogP contribution in [0.15, 0.2) is 48.5 Å². The molecule has 1 heterocycles. The fraction of sp³-hybridized carbons (Fsp3) is 0.235. The summed E-state index contributed by atoms with van der Waals surface area (Å²) < 4.78 is 10.8. The first-order valence-electron chi connectivity index (χ1n) is 6.79. The van der Waals surface area contributed by atoms with Crippen molar-refractivity contribution < 1.29 is 19.4 Å². The van der Waals surface area contributed by atoms with Gasteiger partial charge in [-0.05, 0) is 18.2 Å². The van der Waals surface area contributed by atoms with Gasteiger partial charge in [0.15, 0.2) is 5.78 Å². The fourth-order valence-corrected chi connectivity index (χ4v) is 2.54. The first-order valence-corrected chi connectivity index (χ1v) is 6.79. The molecule has 1 N–H and O–H groups in total. The molecule has 0 saturated carbocycles. The molecule has 2 unspecified atom stereocenters. The average molecular weight is 284 g/mol. The van der Waals surface area contributed by atoms with E-state index in [0.29, 0.717) is 22.6 Å². The van der Waals surface area contributed by atoms with E-state index in [-0.39, 0.29) is 12.4 Å². The lowest BCUT2D eigenvalue weighted by atomic mass is 9.87. The number of carbonyl (C=O) groups is 1. The Morgan fingerprint density at radius 3 is 2.71 bits per heavy atom. The summed E-state index contributed by atoms with van der Waals surface area (Å²) in [5.74, 6) is 0.508. The van der Waals surface area contributed by atoms with E-state index in [1.807, 2.05) is 6.07 Å². The zero-order valence-electron chi connectivity index (χ0n) is 11.7. The van der Waals surface area contributed by atoms with Gasteiger partial charge in [-0.15, -0.1) is 0 Å². The third-order valence-electron chi connectivity index (χ3n) is 3.73. The molecule has 0 aliphatic carbocycles. The molecule has 0 bridgehead atoms. The predicted octanol–water partition coefficient (Wildman–Crippen LogP) is 2.62. The smallest absolute Gasteiger partial charge is 0.172 e. The maximum atomic E-state index is 12.5. The maximum Gasteiger partial charge on any atom is 0.172 e. The molecule has 2 aromatic carbocycles. The van der Waals surface area contributed by atoms with Crippen LogP contribution in [0.1, 0.15) is 22.0 Å². The second kappa shape index (κ2) is 5.58. The van der Waals surface area contributed by atoms with Gasteiger partial charge < -0.3 is 14.6 Å². The van der Waals surface area contributed by atoms with Crippen molar-refractivity contribution in [1.29, 1.82) is 0 Å². The number of methoxy groups -OCH3 is 1. The van der Waals surface area contributed by atoms with Gasteiger partial charge in [-0.1, -0.05) is 30.3 Å². The van der Waals surface area contributed by atoms with Gasteiger partial charge in [-0.25, -0.2) is 0 Å². The van der Waals surface area contributed by atoms with Crippen LogP contribution in [0, 0.1) is 5.92 Å². The van der Waals surface area contributed by atoms with E-state index < -0.39 is 12.0 Å². The summed E-state index contributed by atoms with van der Waals surface area (Å²) in [6.45, 7) is 0.175. The predicted molar refractivity (Wildman–Crippen MR) is 77.7 cm³/mol. The Morgan fingerprint density at radius 1 is 1.24 bits per heavy atom. The third-order valence-corrected chi connectivity index (χ3v) is 3.73. The van der Waals surface area contributed by atoms with Crippen LogP contribution in [0.5, 0.6) is 11.5 Å². The highest BCUT2D eigenvalue weighted by molar-refractivity contribution is 5.98. The molecule has 0 amide bonds. The lowest BCUT2D eigenvalue weighted by Crippen LogP contribution is -2.32. The Morgan fingerprint density at radius 2 is 2.00 bits per heavy atom. The van der Waals surface area contributed by atoms with Gasteiger partial charge >= 0.3 is 0 Å². The lowest BCUT2D eigenvalue weighted by molar-refractivity contribution is 0.0416. The van der Waals surface area contributed by atoms with Crippen LogP contribution in [0.25, 0.3) is 0 Å². The molecule has 0 saturated heterocycles. The molecule has 0 spiro atoms. The van der Waals surface area contributed by atoms with Crippen LogP contribution >= 0.6 is 0 Å². The molecule has 1 aliphatic heterocycles. The van der Waals surface area contributed by atoms with Crippen molar-refractivity contribution in [2.24, 2.45) is 5.92 Å². The summed E-state index contributed by atoms with van der Waals surface area (Å²) in [4.78, 5) is 12.5. The first-order chi connectivity index (χ1) is 10.2. The van der Waals surface area contributed by atoms with Gasteiger partial charge in [-0.2, -0.15) is 0 Å². The monoisotopic (exact) mass is 284 g/mol. The molecule has 3 rings (SSSR count). The lowest BCUT2D eigenvalue weighted by Gasteiger charge is -2.29. The van der Waals surface area contributed by atoms with Crippen LogP contribution < -0.4 is 9.47 Å². The van der Waals surface area contributed by atoms with Crippen molar-refractivity contribution in [2.75, 3.05) is 13.7 Å². The van der Waals surface area contributed by atoms with E-state index in [0.717, 1.165) is 0 Å². The summed E-state index contributed by atoms with van der Waals surface area (Å²) in [6, 6.07) is 14.2. The van der Waals surface area contributed by atoms with Crippen molar-refractivity contribution in [2.45, 2.75) is 6.10 Å². The summed E-state index contributed by atoms with van der Waals surface area (Å²) in [5.41, 5.74) is 1.17. The van der Waals surface area contributed by atoms with Crippen molar-refractivity contribution >= 4 is 5.78 Å². The number of benzene rings is 2. The van der Waals surface area contributed by atoms with Crippen LogP contribution in [0.2, 0.25) is 0 Å². The number of aliphatic hydroxyl groups is 1. The van der Waals surface area contributed by atoms with E-state index in [2.05, 4.69) is 0 Å². The minimum atomic E-state index is -0.892. The Balaban J connectivity index is 1.91. The van der Waals surface area contributed by atoms with E-state index >= 15 is 0 Å². The Kier molecular flexibility index (Phi) is 3.62. The summed E-state index contributed by atoms with van der Waals surface area (Å²) in [7, 11) is 1.56. The van der Waals surface area contributed by atoms with E-state index in [4.69, 9.17) is 9.47 Å². The molecule has 4 heteroatoms. The molecule has 1 aliphatic rings. The minimum Gasteiger partial charge on any atom is -0.497 e. The highest BCUT2D eigenvalue weighted by Gasteiger charge is 2.35. The number of ketones is 1. The molecule has 2 atom stereocenters. The second-order valence-corrected chi connectivity index (χ2v) is 5.00. The summed E-state index contributed by atoms with van der Waals surface area (Å²) in [5, 5.41) is 10.5. The average Bonchev–Trinajstić information content (AvgIpc) is 2.55. The molecular weight excluding hydrogens is 268 g/mol. The number of aliphatic hydroxyl groups excluding tert-OH is 1. The molecule has 0 aromatic heterocycles. The van der Waals surface area contributed by atoms with Crippen molar-refractivity contribution in [1.82, 2.24) is 0 Å². The number of hydrogen-bond acceptors (Lipinski definition) is 4. The molecule has 0 fully saturated rings. The zero-order valence-corrected chi connectivity index (χ0v) is 11.7. The number of fused-ring (bicyclic) bond motifs is 1. The van der Waals surface area contributed by atoms with Gasteiger partial charge in [-0.3, -0.25) is 4.79 Å². The fourth-order valence-electron chi connectivity index (χ4n) is 2.54. The van der Waals surface area contributed by atoms with Crippen LogP contribution in [-0.4, -0.2) is 24.6 Å². The van der Waals surface area contributed by atoms with Crippen molar-refractivity contribution in [3.63, 3.8) is 0 Å². The molecule has 2 aromatic rings. The number of Topliss-reactive ketones (excluding diaryl/α,β-unsaturated/α-hetero) is 1. The third kappa shape index (κ3) is 2.50. The molecule has 21 heavy (non-hydrogen) atoms. The van der Waals surface area contributed by atoms with E-state index in [9.17, 15) is 9.90 Å². The van der Waals surface area contributed by atoms with Crippen LogP contribution in [0.3, 0.4) is 0 Å². The maximum absolute atomic E-state index is 12.5. The van der Waals surface area contributed by atoms with Crippen LogP contribution in [0.4, 0.5) is 0 Å².